The molecule has 1 N–H and O–H groups in total. The lowest BCUT2D eigenvalue weighted by atomic mass is 9.88. The minimum absolute atomic E-state index is 0.700. The zero-order valence-corrected chi connectivity index (χ0v) is 14.9. The molecule has 0 amide bonds. The van der Waals surface area contributed by atoms with E-state index in [2.05, 4.69) is 6.58 Å². The minimum Gasteiger partial charge on any atom is -0.379 e. The van der Waals surface area contributed by atoms with Crippen LogP contribution in [-0.4, -0.2) is 49.0 Å². The van der Waals surface area contributed by atoms with E-state index < -0.39 is 5.60 Å². The average Bonchev–Trinajstić information content (AvgIpc) is 3.17. The maximum absolute atomic E-state index is 11.6. The van der Waals surface area contributed by atoms with E-state index in [0.29, 0.717) is 6.42 Å². The molecule has 1 aromatic heterocycles. The van der Waals surface area contributed by atoms with Gasteiger partial charge in [-0.05, 0) is 23.1 Å². The third kappa shape index (κ3) is 3.62. The van der Waals surface area contributed by atoms with Gasteiger partial charge in [0.1, 0.15) is 18.7 Å². The first-order valence-electron chi connectivity index (χ1n) is 8.54. The summed E-state index contributed by atoms with van der Waals surface area (Å²) < 4.78 is 6.50. The first-order chi connectivity index (χ1) is 11.7. The van der Waals surface area contributed by atoms with Crippen molar-refractivity contribution in [3.05, 3.63) is 70.9 Å². The van der Waals surface area contributed by atoms with Crippen LogP contribution < -0.4 is 0 Å². The molecule has 3 rings (SSSR count). The van der Waals surface area contributed by atoms with E-state index in [1.165, 1.54) is 0 Å². The fourth-order valence-electron chi connectivity index (χ4n) is 3.54. The van der Waals surface area contributed by atoms with Crippen LogP contribution >= 0.6 is 11.3 Å². The zero-order valence-electron chi connectivity index (χ0n) is 14.1. The molecule has 0 aliphatic carbocycles. The molecule has 1 aromatic carbocycles. The first kappa shape index (κ1) is 17.4. The van der Waals surface area contributed by atoms with E-state index in [9.17, 15) is 5.11 Å². The molecule has 0 bridgehead atoms. The third-order valence-electron chi connectivity index (χ3n) is 5.06. The van der Waals surface area contributed by atoms with Gasteiger partial charge in [-0.2, -0.15) is 0 Å². The van der Waals surface area contributed by atoms with Gasteiger partial charge in [0.15, 0.2) is 0 Å². The number of quaternary nitrogens is 1. The van der Waals surface area contributed by atoms with Crippen molar-refractivity contribution in [2.75, 3.05) is 39.4 Å². The fraction of sp³-hybridized carbons (Fsp3) is 0.400. The lowest BCUT2D eigenvalue weighted by molar-refractivity contribution is -0.930. The predicted molar refractivity (Wildman–Crippen MR) is 99.1 cm³/mol. The Morgan fingerprint density at radius 2 is 1.92 bits per heavy atom. The Labute approximate surface area is 148 Å². The van der Waals surface area contributed by atoms with Crippen molar-refractivity contribution in [2.45, 2.75) is 12.0 Å². The van der Waals surface area contributed by atoms with Gasteiger partial charge in [-0.1, -0.05) is 43.0 Å². The van der Waals surface area contributed by atoms with Gasteiger partial charge >= 0.3 is 0 Å². The highest BCUT2D eigenvalue weighted by Crippen LogP contribution is 2.36. The molecule has 1 aliphatic heterocycles. The van der Waals surface area contributed by atoms with E-state index in [4.69, 9.17) is 4.74 Å². The third-order valence-corrected chi connectivity index (χ3v) is 6.09. The van der Waals surface area contributed by atoms with Crippen molar-refractivity contribution in [3.63, 3.8) is 0 Å². The summed E-state index contributed by atoms with van der Waals surface area (Å²) in [6.07, 6.45) is 2.70. The molecule has 3 nitrogen and oxygen atoms in total. The molecule has 4 heteroatoms. The number of benzene rings is 1. The SMILES string of the molecule is C=CC[N+]1(CCC(O)(c2ccccc2)c2cccs2)CCOCC1. The van der Waals surface area contributed by atoms with Crippen LogP contribution in [0.2, 0.25) is 0 Å². The topological polar surface area (TPSA) is 29.5 Å². The molecule has 0 saturated carbocycles. The van der Waals surface area contributed by atoms with Crippen LogP contribution in [0.15, 0.2) is 60.5 Å². The van der Waals surface area contributed by atoms with Gasteiger partial charge in [0.2, 0.25) is 0 Å². The number of morpholine rings is 1. The Kier molecular flexibility index (Phi) is 5.51. The normalized spacial score (nSPS) is 19.5. The molecule has 1 aliphatic rings. The average molecular weight is 345 g/mol. The second-order valence-corrected chi connectivity index (χ2v) is 7.50. The highest BCUT2D eigenvalue weighted by atomic mass is 32.1. The van der Waals surface area contributed by atoms with E-state index in [1.54, 1.807) is 11.3 Å². The summed E-state index contributed by atoms with van der Waals surface area (Å²) in [5.41, 5.74) is 0.0395. The summed E-state index contributed by atoms with van der Waals surface area (Å²) >= 11 is 1.62. The van der Waals surface area contributed by atoms with Crippen LogP contribution in [0.25, 0.3) is 0 Å². The van der Waals surface area contributed by atoms with Crippen LogP contribution in [0.3, 0.4) is 0 Å². The van der Waals surface area contributed by atoms with Gasteiger partial charge in [-0.3, -0.25) is 0 Å². The van der Waals surface area contributed by atoms with Gasteiger partial charge < -0.3 is 14.3 Å². The van der Waals surface area contributed by atoms with Gasteiger partial charge in [-0.25, -0.2) is 0 Å². The van der Waals surface area contributed by atoms with Crippen LogP contribution in [-0.2, 0) is 10.3 Å². The largest absolute Gasteiger partial charge is 0.379 e. The van der Waals surface area contributed by atoms with Crippen LogP contribution in [0, 0.1) is 0 Å². The minimum atomic E-state index is -0.930. The standard InChI is InChI=1S/C20H26NO2S/c1-2-11-21(13-15-23-16-14-21)12-10-20(22,19-9-6-17-24-19)18-7-4-3-5-8-18/h2-9,17,22H,1,10-16H2/q+1. The monoisotopic (exact) mass is 344 g/mol. The number of nitrogens with zero attached hydrogens (tertiary/aromatic N) is 1. The van der Waals surface area contributed by atoms with Gasteiger partial charge in [0.25, 0.3) is 0 Å². The smallest absolute Gasteiger partial charge is 0.129 e. The van der Waals surface area contributed by atoms with Crippen LogP contribution in [0.1, 0.15) is 16.9 Å². The van der Waals surface area contributed by atoms with E-state index in [0.717, 1.165) is 54.3 Å². The molecule has 0 spiro atoms. The first-order valence-corrected chi connectivity index (χ1v) is 9.42. The number of hydrogen-bond donors (Lipinski definition) is 1. The van der Waals surface area contributed by atoms with E-state index in [-0.39, 0.29) is 0 Å². The molecule has 1 fully saturated rings. The summed E-state index contributed by atoms with van der Waals surface area (Å²) in [5, 5.41) is 13.6. The van der Waals surface area contributed by atoms with Crippen molar-refractivity contribution >= 4 is 11.3 Å². The Bertz CT molecular complexity index is 635. The zero-order chi connectivity index (χ0) is 16.9. The molecule has 2 aromatic rings. The van der Waals surface area contributed by atoms with Crippen molar-refractivity contribution < 1.29 is 14.3 Å². The summed E-state index contributed by atoms with van der Waals surface area (Å²) in [6.45, 7) is 9.33. The van der Waals surface area contributed by atoms with Crippen LogP contribution in [0.4, 0.5) is 0 Å². The second kappa shape index (κ2) is 7.62. The number of ether oxygens (including phenoxy) is 1. The quantitative estimate of drug-likeness (QED) is 0.616. The molecule has 0 radical (unpaired) electrons. The molecular weight excluding hydrogens is 318 g/mol. The lowest BCUT2D eigenvalue weighted by Crippen LogP contribution is -2.56. The highest BCUT2D eigenvalue weighted by molar-refractivity contribution is 7.10. The summed E-state index contributed by atoms with van der Waals surface area (Å²) in [7, 11) is 0. The van der Waals surface area contributed by atoms with Crippen molar-refractivity contribution in [1.29, 1.82) is 0 Å². The molecule has 1 unspecified atom stereocenters. The number of rotatable bonds is 7. The van der Waals surface area contributed by atoms with Gasteiger partial charge in [-0.15, -0.1) is 11.3 Å². The maximum Gasteiger partial charge on any atom is 0.129 e. The molecule has 2 heterocycles. The molecule has 128 valence electrons. The summed E-state index contributed by atoms with van der Waals surface area (Å²) in [6, 6.07) is 14.1. The second-order valence-electron chi connectivity index (χ2n) is 6.55. The lowest BCUT2D eigenvalue weighted by Gasteiger charge is -2.42. The molecule has 1 saturated heterocycles. The Hall–Kier alpha value is -1.46. The van der Waals surface area contributed by atoms with Crippen molar-refractivity contribution in [1.82, 2.24) is 0 Å². The van der Waals surface area contributed by atoms with Crippen LogP contribution in [0.5, 0.6) is 0 Å². The van der Waals surface area contributed by atoms with E-state index in [1.807, 2.05) is 53.9 Å². The Morgan fingerprint density at radius 1 is 1.17 bits per heavy atom. The van der Waals surface area contributed by atoms with Gasteiger partial charge in [0.05, 0.1) is 26.3 Å². The highest BCUT2D eigenvalue weighted by Gasteiger charge is 2.37. The fourth-order valence-corrected chi connectivity index (χ4v) is 4.41. The number of aliphatic hydroxyl groups is 1. The number of thiophene rings is 1. The van der Waals surface area contributed by atoms with Crippen molar-refractivity contribution in [2.24, 2.45) is 0 Å². The Morgan fingerprint density at radius 3 is 2.54 bits per heavy atom. The predicted octanol–water partition coefficient (Wildman–Crippen LogP) is 3.41. The summed E-state index contributed by atoms with van der Waals surface area (Å²) in [4.78, 5) is 1.01. The summed E-state index contributed by atoms with van der Waals surface area (Å²) in [5.74, 6) is 0. The maximum atomic E-state index is 11.6. The van der Waals surface area contributed by atoms with Gasteiger partial charge in [0, 0.05) is 11.3 Å². The van der Waals surface area contributed by atoms with E-state index >= 15 is 0 Å². The van der Waals surface area contributed by atoms with Crippen molar-refractivity contribution in [3.8, 4) is 0 Å². The molecule has 1 atom stereocenters. The molecular formula is C20H26NO2S+. The molecule has 24 heavy (non-hydrogen) atoms. The number of hydrogen-bond acceptors (Lipinski definition) is 3. The Balaban J connectivity index is 1.86.